The summed E-state index contributed by atoms with van der Waals surface area (Å²) in [6.07, 6.45) is 0.0923. The lowest BCUT2D eigenvalue weighted by atomic mass is 10.0. The molecule has 3 aromatic rings. The number of aliphatic carboxylic acids is 1. The van der Waals surface area contributed by atoms with E-state index >= 15 is 0 Å². The third-order valence-electron chi connectivity index (χ3n) is 5.62. The summed E-state index contributed by atoms with van der Waals surface area (Å²) in [6.45, 7) is 1.40. The monoisotopic (exact) mass is 517 g/mol. The van der Waals surface area contributed by atoms with Crippen molar-refractivity contribution in [3.63, 3.8) is 0 Å². The predicted molar refractivity (Wildman–Crippen MR) is 134 cm³/mol. The normalized spacial score (nSPS) is 16.4. The third-order valence-corrected chi connectivity index (χ3v) is 7.26. The molecule has 7 nitrogen and oxygen atoms in total. The van der Waals surface area contributed by atoms with Gasteiger partial charge in [0, 0.05) is 30.0 Å². The summed E-state index contributed by atoms with van der Waals surface area (Å²) < 4.78 is 0. The van der Waals surface area contributed by atoms with E-state index in [1.54, 1.807) is 30.3 Å². The van der Waals surface area contributed by atoms with Crippen LogP contribution in [0.2, 0.25) is 10.0 Å². The van der Waals surface area contributed by atoms with E-state index in [0.717, 1.165) is 10.9 Å². The molecule has 10 heteroatoms. The van der Waals surface area contributed by atoms with Gasteiger partial charge in [-0.1, -0.05) is 41.4 Å². The molecule has 2 N–H and O–H groups in total. The van der Waals surface area contributed by atoms with Crippen LogP contribution in [-0.4, -0.2) is 56.5 Å². The number of carbonyl (C=O) groups excluding carboxylic acids is 2. The molecule has 2 heterocycles. The van der Waals surface area contributed by atoms with Crippen LogP contribution in [0.3, 0.4) is 0 Å². The average molecular weight is 518 g/mol. The highest BCUT2D eigenvalue weighted by Gasteiger charge is 2.35. The van der Waals surface area contributed by atoms with Gasteiger partial charge < -0.3 is 15.3 Å². The van der Waals surface area contributed by atoms with Crippen LogP contribution in [0.5, 0.6) is 0 Å². The summed E-state index contributed by atoms with van der Waals surface area (Å²) in [4.78, 5) is 42.4. The van der Waals surface area contributed by atoms with Gasteiger partial charge in [0.05, 0.1) is 27.1 Å². The number of aromatic nitrogens is 1. The number of pyridine rings is 1. The van der Waals surface area contributed by atoms with E-state index in [1.165, 1.54) is 23.6 Å². The topological polar surface area (TPSA) is 99.6 Å². The molecule has 176 valence electrons. The number of benzene rings is 2. The number of carboxylic acid groups (broad SMARTS) is 1. The molecule has 4 rings (SSSR count). The number of hydrogen-bond acceptors (Lipinski definition) is 5. The van der Waals surface area contributed by atoms with Crippen LogP contribution >= 0.6 is 35.0 Å². The van der Waals surface area contributed by atoms with E-state index in [0.29, 0.717) is 38.4 Å². The quantitative estimate of drug-likeness (QED) is 0.507. The number of carbonyl (C=O) groups is 3. The first kappa shape index (κ1) is 24.3. The smallest absolute Gasteiger partial charge is 0.326 e. The van der Waals surface area contributed by atoms with Gasteiger partial charge in [-0.3, -0.25) is 9.59 Å². The Labute approximate surface area is 210 Å². The molecule has 1 aliphatic heterocycles. The summed E-state index contributed by atoms with van der Waals surface area (Å²) in [5.74, 6) is -0.954. The van der Waals surface area contributed by atoms with E-state index in [2.05, 4.69) is 10.3 Å². The molecule has 0 radical (unpaired) electrons. The highest BCUT2D eigenvalue weighted by molar-refractivity contribution is 7.99. The Morgan fingerprint density at radius 3 is 2.59 bits per heavy atom. The van der Waals surface area contributed by atoms with Gasteiger partial charge in [0.25, 0.3) is 0 Å². The van der Waals surface area contributed by atoms with Crippen LogP contribution in [0.1, 0.15) is 12.5 Å². The molecule has 2 aromatic carbocycles. The molecule has 0 spiro atoms. The van der Waals surface area contributed by atoms with Crippen LogP contribution in [0.25, 0.3) is 22.2 Å². The lowest BCUT2D eigenvalue weighted by Crippen LogP contribution is -2.52. The lowest BCUT2D eigenvalue weighted by Gasteiger charge is -2.23. The Hall–Kier alpha value is -2.81. The van der Waals surface area contributed by atoms with Crippen LogP contribution in [0.4, 0.5) is 0 Å². The molecule has 0 aliphatic carbocycles. The molecule has 1 aliphatic rings. The van der Waals surface area contributed by atoms with Crippen molar-refractivity contribution in [2.45, 2.75) is 25.4 Å². The molecule has 0 saturated carbocycles. The van der Waals surface area contributed by atoms with E-state index in [-0.39, 0.29) is 12.3 Å². The molecular weight excluding hydrogens is 497 g/mol. The number of carboxylic acids is 1. The fourth-order valence-corrected chi connectivity index (χ4v) is 5.67. The van der Waals surface area contributed by atoms with Gasteiger partial charge in [0.15, 0.2) is 0 Å². The van der Waals surface area contributed by atoms with E-state index < -0.39 is 24.0 Å². The fraction of sp³-hybridized carbons (Fsp3) is 0.250. The van der Waals surface area contributed by atoms with Gasteiger partial charge in [-0.2, -0.15) is 0 Å². The summed E-state index contributed by atoms with van der Waals surface area (Å²) in [7, 11) is 0. The summed E-state index contributed by atoms with van der Waals surface area (Å²) in [6, 6.07) is 12.6. The zero-order valence-electron chi connectivity index (χ0n) is 18.1. The van der Waals surface area contributed by atoms with Gasteiger partial charge >= 0.3 is 5.97 Å². The van der Waals surface area contributed by atoms with Gasteiger partial charge in [0.2, 0.25) is 11.8 Å². The van der Waals surface area contributed by atoms with Crippen LogP contribution in [0, 0.1) is 0 Å². The second-order valence-corrected chi connectivity index (χ2v) is 9.74. The maximum absolute atomic E-state index is 12.7. The van der Waals surface area contributed by atoms with Gasteiger partial charge in [-0.15, -0.1) is 11.8 Å². The Morgan fingerprint density at radius 2 is 1.91 bits per heavy atom. The Bertz CT molecular complexity index is 1270. The van der Waals surface area contributed by atoms with Gasteiger partial charge in [-0.25, -0.2) is 9.78 Å². The maximum Gasteiger partial charge on any atom is 0.326 e. The fourth-order valence-electron chi connectivity index (χ4n) is 3.86. The lowest BCUT2D eigenvalue weighted by molar-refractivity contribution is -0.143. The molecule has 0 bridgehead atoms. The Balaban J connectivity index is 1.53. The highest BCUT2D eigenvalue weighted by atomic mass is 35.5. The van der Waals surface area contributed by atoms with Crippen LogP contribution in [-0.2, 0) is 20.8 Å². The number of nitrogens with zero attached hydrogens (tertiary/aromatic N) is 2. The number of rotatable bonds is 6. The molecule has 34 heavy (non-hydrogen) atoms. The molecule has 1 unspecified atom stereocenters. The van der Waals surface area contributed by atoms with E-state index in [4.69, 9.17) is 23.2 Å². The van der Waals surface area contributed by atoms with Crippen molar-refractivity contribution in [3.05, 3.63) is 64.1 Å². The van der Waals surface area contributed by atoms with Crippen molar-refractivity contribution >= 4 is 63.7 Å². The summed E-state index contributed by atoms with van der Waals surface area (Å²) in [5, 5.41) is 14.1. The number of halogens is 2. The SMILES string of the molecule is CC(=O)N1CSC[C@H]1C(=O)NC(Cc1ccc2nc(-c3c(Cl)cccc3Cl)ccc2c1)C(=O)O. The van der Waals surface area contributed by atoms with Gasteiger partial charge in [0.1, 0.15) is 12.1 Å². The summed E-state index contributed by atoms with van der Waals surface area (Å²) >= 11 is 14.1. The average Bonchev–Trinajstić information content (AvgIpc) is 3.29. The minimum Gasteiger partial charge on any atom is -0.480 e. The predicted octanol–water partition coefficient (Wildman–Crippen LogP) is 4.24. The molecular formula is C24H21Cl2N3O4S. The number of nitrogens with one attached hydrogen (secondary N) is 1. The van der Waals surface area contributed by atoms with Crippen molar-refractivity contribution in [2.75, 3.05) is 11.6 Å². The van der Waals surface area contributed by atoms with Crippen LogP contribution in [0.15, 0.2) is 48.5 Å². The Morgan fingerprint density at radius 1 is 1.18 bits per heavy atom. The van der Waals surface area contributed by atoms with Crippen LogP contribution < -0.4 is 5.32 Å². The molecule has 1 saturated heterocycles. The second-order valence-electron chi connectivity index (χ2n) is 7.93. The summed E-state index contributed by atoms with van der Waals surface area (Å²) in [5.41, 5.74) is 2.72. The first-order chi connectivity index (χ1) is 16.2. The van der Waals surface area contributed by atoms with Crippen molar-refractivity contribution in [1.82, 2.24) is 15.2 Å². The van der Waals surface area contributed by atoms with Crippen molar-refractivity contribution in [2.24, 2.45) is 0 Å². The number of amides is 2. The maximum atomic E-state index is 12.7. The molecule has 2 amide bonds. The molecule has 1 fully saturated rings. The first-order valence-corrected chi connectivity index (χ1v) is 12.4. The first-order valence-electron chi connectivity index (χ1n) is 10.5. The van der Waals surface area contributed by atoms with Crippen molar-refractivity contribution in [3.8, 4) is 11.3 Å². The molecule has 1 aromatic heterocycles. The molecule has 2 atom stereocenters. The van der Waals surface area contributed by atoms with Crippen molar-refractivity contribution < 1.29 is 19.5 Å². The van der Waals surface area contributed by atoms with E-state index in [9.17, 15) is 19.5 Å². The second kappa shape index (κ2) is 10.2. The number of hydrogen-bond donors (Lipinski definition) is 2. The van der Waals surface area contributed by atoms with E-state index in [1.807, 2.05) is 18.2 Å². The largest absolute Gasteiger partial charge is 0.480 e. The minimum absolute atomic E-state index is 0.0923. The zero-order chi connectivity index (χ0) is 24.4. The number of thioether (sulfide) groups is 1. The third kappa shape index (κ3) is 5.14. The minimum atomic E-state index is -1.14. The highest BCUT2D eigenvalue weighted by Crippen LogP contribution is 2.34. The number of fused-ring (bicyclic) bond motifs is 1. The van der Waals surface area contributed by atoms with Gasteiger partial charge in [-0.05, 0) is 35.9 Å². The van der Waals surface area contributed by atoms with Crippen molar-refractivity contribution in [1.29, 1.82) is 0 Å². The Kier molecular flexibility index (Phi) is 7.30. The standard InChI is InChI=1S/C24H21Cl2N3O4S/c1-13(30)29-12-34-11-21(29)23(31)28-20(24(32)33)10-14-5-7-18-15(9-14)6-8-19(27-18)22-16(25)3-2-4-17(22)26/h2-9,20-21H,10-12H2,1H3,(H,28,31)(H,32,33)/t20?,21-/m0/s1. The zero-order valence-corrected chi connectivity index (χ0v) is 20.5.